The maximum absolute atomic E-state index is 10.2. The molecule has 0 atom stereocenters. The van der Waals surface area contributed by atoms with Gasteiger partial charge in [0.2, 0.25) is 0 Å². The molecule has 0 aliphatic heterocycles. The number of fused-ring (bicyclic) bond motifs is 12. The molecule has 334 valence electrons. The Kier molecular flexibility index (Phi) is 8.71. The third-order valence-electron chi connectivity index (χ3n) is 15.5. The van der Waals surface area contributed by atoms with Crippen molar-refractivity contribution in [3.05, 3.63) is 260 Å². The van der Waals surface area contributed by atoms with Crippen LogP contribution in [0, 0.1) is 11.3 Å². The van der Waals surface area contributed by atoms with Gasteiger partial charge >= 0.3 is 0 Å². The highest BCUT2D eigenvalue weighted by Crippen LogP contribution is 2.42. The van der Waals surface area contributed by atoms with E-state index in [1.54, 1.807) is 0 Å². The van der Waals surface area contributed by atoms with Crippen LogP contribution in [0.5, 0.6) is 0 Å². The average Bonchev–Trinajstić information content (AvgIpc) is 4.18. The summed E-state index contributed by atoms with van der Waals surface area (Å²) in [4.78, 5) is 0. The summed E-state index contributed by atoms with van der Waals surface area (Å²) in [7, 11) is -2.82. The molecule has 11 aromatic carbocycles. The lowest BCUT2D eigenvalue weighted by molar-refractivity contribution is 1.18. The number of hydrogen-bond donors (Lipinski definition) is 0. The van der Waals surface area contributed by atoms with Gasteiger partial charge in [-0.25, -0.2) is 0 Å². The molecular weight excluding hydrogens is 889 g/mol. The third-order valence-corrected chi connectivity index (χ3v) is 20.3. The summed E-state index contributed by atoms with van der Waals surface area (Å²) in [5, 5.41) is 25.2. The standard InChI is InChI=1S/C67H42N4Si/c68-43-44-28-34-62-57(38-44)58-39-45(30-36-64(58)70(62)48-31-33-54-56-26-15-25-55-53-24-13-14-27-61(53)71(67(55)56)66(54)41-48)46-29-35-63-59(40-46)60-42-52(32-37-65(60)69(63)47-16-5-1-6-17-47)72(49-18-7-2-8-19-49,50-20-9-3-10-21-50)51-22-11-4-12-23-51/h1-42H. The molecule has 4 nitrogen and oxygen atoms in total. The van der Waals surface area contributed by atoms with Crippen molar-refractivity contribution in [3.8, 4) is 28.6 Å². The first-order chi connectivity index (χ1) is 35.7. The zero-order chi connectivity index (χ0) is 47.5. The molecule has 15 rings (SSSR count). The van der Waals surface area contributed by atoms with E-state index in [0.717, 1.165) is 49.8 Å². The molecule has 5 heteroatoms. The molecule has 0 fully saturated rings. The summed E-state index contributed by atoms with van der Waals surface area (Å²) < 4.78 is 7.24. The van der Waals surface area contributed by atoms with Gasteiger partial charge in [-0.1, -0.05) is 176 Å². The van der Waals surface area contributed by atoms with Crippen LogP contribution < -0.4 is 20.7 Å². The van der Waals surface area contributed by atoms with Gasteiger partial charge in [0.15, 0.2) is 8.07 Å². The Morgan fingerprint density at radius 2 is 0.764 bits per heavy atom. The van der Waals surface area contributed by atoms with Crippen molar-refractivity contribution in [2.24, 2.45) is 0 Å². The molecule has 0 saturated carbocycles. The average molecular weight is 931 g/mol. The minimum Gasteiger partial charge on any atom is -0.309 e. The summed E-state index contributed by atoms with van der Waals surface area (Å²) >= 11 is 0. The van der Waals surface area contributed by atoms with Crippen LogP contribution in [0.15, 0.2) is 255 Å². The van der Waals surface area contributed by atoms with E-state index < -0.39 is 8.07 Å². The van der Waals surface area contributed by atoms with Gasteiger partial charge in [0, 0.05) is 54.5 Å². The zero-order valence-corrected chi connectivity index (χ0v) is 40.0. The Hall–Kier alpha value is -9.47. The molecule has 4 aromatic heterocycles. The second-order valence-corrected chi connectivity index (χ2v) is 23.0. The Balaban J connectivity index is 0.956. The van der Waals surface area contributed by atoms with Crippen molar-refractivity contribution in [3.63, 3.8) is 0 Å². The van der Waals surface area contributed by atoms with Gasteiger partial charge in [0.1, 0.15) is 0 Å². The molecule has 0 N–H and O–H groups in total. The number of nitrogens with zero attached hydrogens (tertiary/aromatic N) is 4. The fraction of sp³-hybridized carbons (Fsp3) is 0. The van der Waals surface area contributed by atoms with E-state index in [4.69, 9.17) is 0 Å². The van der Waals surface area contributed by atoms with E-state index in [-0.39, 0.29) is 0 Å². The molecule has 72 heavy (non-hydrogen) atoms. The first-order valence-electron chi connectivity index (χ1n) is 24.6. The summed E-state index contributed by atoms with van der Waals surface area (Å²) in [5.41, 5.74) is 13.3. The van der Waals surface area contributed by atoms with Gasteiger partial charge in [0.05, 0.1) is 50.2 Å². The molecule has 0 bridgehead atoms. The minimum absolute atomic E-state index is 0.643. The van der Waals surface area contributed by atoms with Crippen molar-refractivity contribution in [2.75, 3.05) is 0 Å². The minimum atomic E-state index is -2.82. The van der Waals surface area contributed by atoms with Crippen LogP contribution in [-0.4, -0.2) is 21.6 Å². The Morgan fingerprint density at radius 3 is 1.36 bits per heavy atom. The first kappa shape index (κ1) is 40.4. The number of aromatic nitrogens is 3. The van der Waals surface area contributed by atoms with Crippen LogP contribution in [0.3, 0.4) is 0 Å². The molecule has 0 aliphatic carbocycles. The summed E-state index contributed by atoms with van der Waals surface area (Å²) in [6.45, 7) is 0. The van der Waals surface area contributed by atoms with Crippen LogP contribution in [0.4, 0.5) is 0 Å². The fourth-order valence-electron chi connectivity index (χ4n) is 12.5. The molecule has 0 amide bonds. The molecule has 0 aliphatic rings. The molecule has 0 radical (unpaired) electrons. The normalized spacial score (nSPS) is 12.2. The molecule has 4 heterocycles. The second kappa shape index (κ2) is 15.5. The molecular formula is C67H42N4Si. The smallest absolute Gasteiger partial charge is 0.179 e. The van der Waals surface area contributed by atoms with Crippen LogP contribution >= 0.6 is 0 Å². The predicted molar refractivity (Wildman–Crippen MR) is 304 cm³/mol. The second-order valence-electron chi connectivity index (χ2n) is 19.1. The molecule has 0 spiro atoms. The Bertz CT molecular complexity index is 4580. The highest BCUT2D eigenvalue weighted by Gasteiger charge is 2.41. The van der Waals surface area contributed by atoms with Gasteiger partial charge in [-0.2, -0.15) is 5.26 Å². The lowest BCUT2D eigenvalue weighted by Gasteiger charge is -2.34. The Labute approximate surface area is 416 Å². The fourth-order valence-corrected chi connectivity index (χ4v) is 17.2. The summed E-state index contributed by atoms with van der Waals surface area (Å²) in [6.07, 6.45) is 0. The predicted octanol–water partition coefficient (Wildman–Crippen LogP) is 13.9. The number of para-hydroxylation sites is 3. The number of rotatable bonds is 7. The lowest BCUT2D eigenvalue weighted by Crippen LogP contribution is -2.74. The maximum atomic E-state index is 10.2. The first-order valence-corrected chi connectivity index (χ1v) is 26.6. The van der Waals surface area contributed by atoms with E-state index in [1.165, 1.54) is 75.1 Å². The quantitative estimate of drug-likeness (QED) is 0.116. The van der Waals surface area contributed by atoms with Crippen LogP contribution in [-0.2, 0) is 0 Å². The molecule has 15 aromatic rings. The van der Waals surface area contributed by atoms with Crippen LogP contribution in [0.25, 0.3) is 104 Å². The molecule has 0 unspecified atom stereocenters. The summed E-state index contributed by atoms with van der Waals surface area (Å²) in [6, 6.07) is 96.3. The van der Waals surface area contributed by atoms with Gasteiger partial charge < -0.3 is 13.5 Å². The van der Waals surface area contributed by atoms with Crippen molar-refractivity contribution in [1.29, 1.82) is 5.26 Å². The number of hydrogen-bond acceptors (Lipinski definition) is 1. The van der Waals surface area contributed by atoms with Gasteiger partial charge in [-0.15, -0.1) is 0 Å². The number of nitriles is 1. The van der Waals surface area contributed by atoms with Crippen LogP contribution in [0.1, 0.15) is 5.56 Å². The van der Waals surface area contributed by atoms with Crippen molar-refractivity contribution in [1.82, 2.24) is 13.5 Å². The largest absolute Gasteiger partial charge is 0.309 e. The van der Waals surface area contributed by atoms with Crippen molar-refractivity contribution < 1.29 is 0 Å². The highest BCUT2D eigenvalue weighted by atomic mass is 28.3. The maximum Gasteiger partial charge on any atom is 0.179 e. The topological polar surface area (TPSA) is 38.1 Å². The number of benzene rings is 11. The van der Waals surface area contributed by atoms with E-state index in [9.17, 15) is 5.26 Å². The van der Waals surface area contributed by atoms with Gasteiger partial charge in [-0.3, -0.25) is 0 Å². The third kappa shape index (κ3) is 5.67. The van der Waals surface area contributed by atoms with Gasteiger partial charge in [0.25, 0.3) is 0 Å². The van der Waals surface area contributed by atoms with E-state index in [2.05, 4.69) is 268 Å². The van der Waals surface area contributed by atoms with E-state index in [0.29, 0.717) is 5.56 Å². The van der Waals surface area contributed by atoms with Crippen molar-refractivity contribution in [2.45, 2.75) is 0 Å². The molecule has 0 saturated heterocycles. The SMILES string of the molecule is N#Cc1ccc2c(c1)c1cc(-c3ccc4c(c3)c3cc([Si](c5ccccc5)(c5ccccc5)c5ccccc5)ccc3n4-c3ccccc3)ccc1n2-c1ccc2c3cccc4c5ccccc5n(c2c1)c43. The van der Waals surface area contributed by atoms with Crippen molar-refractivity contribution >= 4 is 111 Å². The highest BCUT2D eigenvalue weighted by molar-refractivity contribution is 7.20. The zero-order valence-electron chi connectivity index (χ0n) is 39.0. The van der Waals surface area contributed by atoms with E-state index >= 15 is 0 Å². The lowest BCUT2D eigenvalue weighted by atomic mass is 10.00. The van der Waals surface area contributed by atoms with Crippen LogP contribution in [0.2, 0.25) is 0 Å². The monoisotopic (exact) mass is 930 g/mol. The Morgan fingerprint density at radius 1 is 0.292 bits per heavy atom. The van der Waals surface area contributed by atoms with Gasteiger partial charge in [-0.05, 0) is 111 Å². The summed E-state index contributed by atoms with van der Waals surface area (Å²) in [5.74, 6) is 0. The van der Waals surface area contributed by atoms with E-state index in [1.807, 2.05) is 6.07 Å².